The normalized spacial score (nSPS) is 21.2. The fourth-order valence-electron chi connectivity index (χ4n) is 3.11. The Hall–Kier alpha value is -0.990. The molecule has 2 aliphatic rings. The average Bonchev–Trinajstić information content (AvgIpc) is 3.16. The molecule has 0 aromatic heterocycles. The first-order valence-corrected chi connectivity index (χ1v) is 10.8. The van der Waals surface area contributed by atoms with Gasteiger partial charge in [-0.25, -0.2) is 0 Å². The third kappa shape index (κ3) is 7.32. The van der Waals surface area contributed by atoms with Gasteiger partial charge in [0.25, 0.3) is 0 Å². The first kappa shape index (κ1) is 21.3. The van der Waals surface area contributed by atoms with Gasteiger partial charge in [-0.1, -0.05) is 43.4 Å². The third-order valence-electron chi connectivity index (χ3n) is 4.70. The molecule has 1 N–H and O–H groups in total. The number of aliphatic hydroxyl groups is 1. The molecule has 0 bridgehead atoms. The molecule has 1 aliphatic carbocycles. The van der Waals surface area contributed by atoms with Crippen molar-refractivity contribution in [1.29, 1.82) is 0 Å². The Balaban J connectivity index is 0.000000254. The predicted octanol–water partition coefficient (Wildman–Crippen LogP) is 3.72. The molecule has 148 valence electrons. The summed E-state index contributed by atoms with van der Waals surface area (Å²) in [6, 6.07) is 6.37. The van der Waals surface area contributed by atoms with E-state index in [1.807, 2.05) is 6.92 Å². The van der Waals surface area contributed by atoms with Crippen LogP contribution in [-0.2, 0) is 24.1 Å². The van der Waals surface area contributed by atoms with Gasteiger partial charge in [-0.2, -0.15) is 13.3 Å². The summed E-state index contributed by atoms with van der Waals surface area (Å²) in [5.41, 5.74) is 0.977. The van der Waals surface area contributed by atoms with E-state index in [2.05, 4.69) is 4.33 Å². The van der Waals surface area contributed by atoms with E-state index < -0.39 is 16.4 Å². The molecule has 1 saturated carbocycles. The highest BCUT2D eigenvalue weighted by molar-refractivity contribution is 7.86. The lowest BCUT2D eigenvalue weighted by molar-refractivity contribution is -0.324. The second kappa shape index (κ2) is 11.0. The summed E-state index contributed by atoms with van der Waals surface area (Å²) in [6.45, 7) is 2.84. The van der Waals surface area contributed by atoms with Crippen molar-refractivity contribution in [3.05, 3.63) is 29.8 Å². The topological polar surface area (TPSA) is 82.1 Å². The van der Waals surface area contributed by atoms with E-state index >= 15 is 0 Å². The van der Waals surface area contributed by atoms with Crippen molar-refractivity contribution in [2.45, 2.75) is 69.5 Å². The summed E-state index contributed by atoms with van der Waals surface area (Å²) in [7, 11) is -3.88. The molecule has 1 aromatic carbocycles. The van der Waals surface area contributed by atoms with Crippen molar-refractivity contribution in [1.82, 2.24) is 0 Å². The quantitative estimate of drug-likeness (QED) is 0.593. The second-order valence-electron chi connectivity index (χ2n) is 6.89. The van der Waals surface area contributed by atoms with Crippen molar-refractivity contribution in [2.75, 3.05) is 13.2 Å². The fraction of sp³-hybridized carbons (Fsp3) is 0.684. The molecule has 2 fully saturated rings. The maximum Gasteiger partial charge on any atom is 0.323 e. The molecule has 1 unspecified atom stereocenters. The number of hydrogen-bond donors (Lipinski definition) is 1. The Kier molecular flexibility index (Phi) is 9.01. The van der Waals surface area contributed by atoms with Gasteiger partial charge >= 0.3 is 10.1 Å². The first-order valence-electron chi connectivity index (χ1n) is 9.40. The van der Waals surface area contributed by atoms with Crippen LogP contribution in [0.3, 0.4) is 0 Å². The van der Waals surface area contributed by atoms with E-state index in [4.69, 9.17) is 14.7 Å². The van der Waals surface area contributed by atoms with Crippen LogP contribution in [-0.4, -0.2) is 33.0 Å². The van der Waals surface area contributed by atoms with E-state index in [0.29, 0.717) is 19.6 Å². The van der Waals surface area contributed by atoms with Crippen LogP contribution in [0.1, 0.15) is 56.9 Å². The molecular weight excluding hydrogens is 356 g/mol. The fourth-order valence-corrected chi connectivity index (χ4v) is 3.85. The first-order chi connectivity index (χ1) is 12.5. The minimum absolute atomic E-state index is 0.0731. The van der Waals surface area contributed by atoms with Crippen LogP contribution >= 0.6 is 0 Å². The van der Waals surface area contributed by atoms with Crippen LogP contribution in [0.4, 0.5) is 0 Å². The number of aryl methyl sites for hydroxylation is 1. The molecular formula is C19H30O6S. The second-order valence-corrected chi connectivity index (χ2v) is 8.41. The van der Waals surface area contributed by atoms with Crippen LogP contribution in [0.5, 0.6) is 0 Å². The molecule has 1 aliphatic heterocycles. The summed E-state index contributed by atoms with van der Waals surface area (Å²) < 4.78 is 33.3. The number of hydrogen-bond acceptors (Lipinski definition) is 6. The third-order valence-corrected chi connectivity index (χ3v) is 5.80. The van der Waals surface area contributed by atoms with Gasteiger partial charge in [0.2, 0.25) is 0 Å². The van der Waals surface area contributed by atoms with Crippen molar-refractivity contribution in [3.63, 3.8) is 0 Å². The summed E-state index contributed by atoms with van der Waals surface area (Å²) in [5, 5.41) is 8.53. The van der Waals surface area contributed by atoms with Crippen LogP contribution in [0.15, 0.2) is 29.2 Å². The molecule has 1 saturated heterocycles. The van der Waals surface area contributed by atoms with Gasteiger partial charge in [-0.05, 0) is 44.2 Å². The summed E-state index contributed by atoms with van der Waals surface area (Å²) in [6.07, 6.45) is 8.50. The van der Waals surface area contributed by atoms with Gasteiger partial charge in [-0.15, -0.1) is 4.33 Å². The smallest absolute Gasteiger partial charge is 0.323 e. The van der Waals surface area contributed by atoms with Gasteiger partial charge in [-0.3, -0.25) is 0 Å². The standard InChI is InChI=1S/C12H16O5S.C7H14O/c1-10-5-7-11(8-6-10)18(13,14)17-16-12-4-2-3-9-15-12;8-6-5-7-3-1-2-4-7/h5-8,12H,2-4,9H2,1H3;7-8H,1-6H2. The number of ether oxygens (including phenoxy) is 1. The van der Waals surface area contributed by atoms with Crippen LogP contribution in [0, 0.1) is 12.8 Å². The Labute approximate surface area is 156 Å². The zero-order valence-electron chi connectivity index (χ0n) is 15.4. The van der Waals surface area contributed by atoms with Crippen molar-refractivity contribution in [2.24, 2.45) is 5.92 Å². The van der Waals surface area contributed by atoms with Gasteiger partial charge in [0.15, 0.2) is 6.29 Å². The van der Waals surface area contributed by atoms with Crippen LogP contribution in [0.2, 0.25) is 0 Å². The number of rotatable bonds is 6. The average molecular weight is 387 g/mol. The van der Waals surface area contributed by atoms with E-state index in [9.17, 15) is 8.42 Å². The van der Waals surface area contributed by atoms with E-state index in [0.717, 1.165) is 30.7 Å². The summed E-state index contributed by atoms with van der Waals surface area (Å²) in [4.78, 5) is 4.90. The SMILES string of the molecule is Cc1ccc(S(=O)(=O)OOC2CCCCO2)cc1.OCCC1CCCC1. The van der Waals surface area contributed by atoms with Crippen molar-refractivity contribution < 1.29 is 27.5 Å². The number of benzene rings is 1. The van der Waals surface area contributed by atoms with Gasteiger partial charge in [0.05, 0.1) is 4.90 Å². The van der Waals surface area contributed by atoms with Gasteiger partial charge in [0, 0.05) is 19.6 Å². The Bertz CT molecular complexity index is 601. The highest BCUT2D eigenvalue weighted by Crippen LogP contribution is 2.26. The molecule has 6 nitrogen and oxygen atoms in total. The maximum atomic E-state index is 11.8. The van der Waals surface area contributed by atoms with E-state index in [-0.39, 0.29) is 4.90 Å². The monoisotopic (exact) mass is 386 g/mol. The predicted molar refractivity (Wildman–Crippen MR) is 97.8 cm³/mol. The molecule has 3 rings (SSSR count). The van der Waals surface area contributed by atoms with E-state index in [1.165, 1.54) is 37.8 Å². The molecule has 26 heavy (non-hydrogen) atoms. The lowest BCUT2D eigenvalue weighted by atomic mass is 10.1. The Morgan fingerprint density at radius 1 is 1.08 bits per heavy atom. The Morgan fingerprint density at radius 2 is 1.73 bits per heavy atom. The highest BCUT2D eigenvalue weighted by Gasteiger charge is 2.21. The molecule has 0 amide bonds. The molecule has 7 heteroatoms. The minimum Gasteiger partial charge on any atom is -0.396 e. The van der Waals surface area contributed by atoms with Crippen molar-refractivity contribution in [3.8, 4) is 0 Å². The minimum atomic E-state index is -3.88. The lowest BCUT2D eigenvalue weighted by Gasteiger charge is -2.20. The number of aliphatic hydroxyl groups excluding tert-OH is 1. The lowest BCUT2D eigenvalue weighted by Crippen LogP contribution is -2.24. The molecule has 1 aromatic rings. The molecule has 0 radical (unpaired) electrons. The molecule has 0 spiro atoms. The van der Waals surface area contributed by atoms with Crippen molar-refractivity contribution >= 4 is 10.1 Å². The van der Waals surface area contributed by atoms with Gasteiger partial charge in [0.1, 0.15) is 0 Å². The zero-order valence-corrected chi connectivity index (χ0v) is 16.2. The van der Waals surface area contributed by atoms with E-state index in [1.54, 1.807) is 12.1 Å². The summed E-state index contributed by atoms with van der Waals surface area (Å²) >= 11 is 0. The molecule has 1 atom stereocenters. The maximum absolute atomic E-state index is 11.8. The van der Waals surface area contributed by atoms with Crippen LogP contribution in [0.25, 0.3) is 0 Å². The highest BCUT2D eigenvalue weighted by atomic mass is 32.2. The summed E-state index contributed by atoms with van der Waals surface area (Å²) in [5.74, 6) is 0.861. The molecule has 1 heterocycles. The zero-order chi connectivity index (χ0) is 18.8. The largest absolute Gasteiger partial charge is 0.396 e. The Morgan fingerprint density at radius 3 is 2.31 bits per heavy atom. The van der Waals surface area contributed by atoms with Crippen LogP contribution < -0.4 is 0 Å². The van der Waals surface area contributed by atoms with Gasteiger partial charge < -0.3 is 9.84 Å².